The molecule has 3 aromatic rings. The van der Waals surface area contributed by atoms with Crippen LogP contribution in [0, 0.1) is 0 Å². The second kappa shape index (κ2) is 8.11. The molecule has 150 valence electrons. The first kappa shape index (κ1) is 19.2. The van der Waals surface area contributed by atoms with Crippen molar-refractivity contribution in [3.63, 3.8) is 0 Å². The minimum Gasteiger partial charge on any atom is -0.497 e. The summed E-state index contributed by atoms with van der Waals surface area (Å²) in [4.78, 5) is 24.0. The molecule has 0 amide bonds. The third-order valence-electron chi connectivity index (χ3n) is 4.78. The summed E-state index contributed by atoms with van der Waals surface area (Å²) in [5.74, 6) is 4.18. The Morgan fingerprint density at radius 3 is 1.67 bits per heavy atom. The van der Waals surface area contributed by atoms with E-state index in [1.807, 2.05) is 54.5 Å². The maximum Gasteiger partial charge on any atom is 0.178 e. The Labute approximate surface area is 172 Å². The van der Waals surface area contributed by atoms with Crippen LogP contribution in [0.3, 0.4) is 0 Å². The predicted octanol–water partition coefficient (Wildman–Crippen LogP) is 1.60. The van der Waals surface area contributed by atoms with Crippen LogP contribution < -0.4 is 24.8 Å². The normalized spacial score (nSPS) is 12.8. The minimum atomic E-state index is 0.255. The highest BCUT2D eigenvalue weighted by molar-refractivity contribution is 6.56. The van der Waals surface area contributed by atoms with E-state index >= 15 is 0 Å². The van der Waals surface area contributed by atoms with Gasteiger partial charge in [0.2, 0.25) is 0 Å². The Bertz CT molecular complexity index is 1210. The first-order valence-electron chi connectivity index (χ1n) is 9.16. The first-order valence-corrected chi connectivity index (χ1v) is 9.16. The average Bonchev–Trinajstić information content (AvgIpc) is 3.43. The number of methoxy groups -OCH3 is 3. The number of ether oxygens (including phenoxy) is 3. The van der Waals surface area contributed by atoms with E-state index in [-0.39, 0.29) is 5.22 Å². The fourth-order valence-corrected chi connectivity index (χ4v) is 3.20. The molecule has 1 aromatic heterocycles. The number of hydrogen-bond acceptors (Lipinski definition) is 6. The summed E-state index contributed by atoms with van der Waals surface area (Å²) in [6.07, 6.45) is 1.59. The van der Waals surface area contributed by atoms with E-state index in [4.69, 9.17) is 24.2 Å². The van der Waals surface area contributed by atoms with E-state index in [2.05, 4.69) is 4.98 Å². The highest BCUT2D eigenvalue weighted by Crippen LogP contribution is 2.23. The molecule has 0 fully saturated rings. The van der Waals surface area contributed by atoms with Gasteiger partial charge in [-0.15, -0.1) is 0 Å². The van der Waals surface area contributed by atoms with E-state index in [1.54, 1.807) is 20.4 Å². The van der Waals surface area contributed by atoms with Gasteiger partial charge in [0, 0.05) is 17.3 Å². The number of benzene rings is 2. The number of aromatic amines is 1. The number of rotatable bonds is 5. The smallest absolute Gasteiger partial charge is 0.178 e. The average molecular weight is 401 g/mol. The highest BCUT2D eigenvalue weighted by Gasteiger charge is 2.22. The number of H-pyrrole nitrogens is 1. The maximum atomic E-state index is 11.5. The van der Waals surface area contributed by atoms with Gasteiger partial charge in [-0.3, -0.25) is 0 Å². The first-order chi connectivity index (χ1) is 14.7. The standard InChI is InChI=1S/C23H19N3O4/c1-28-16-8-4-14(5-9-16)20-21(15-6-10-17(29-2)11-7-15)26-23(25-20)22-18(13-27)19(30-3)12-24-22/h4-12,24H,1-3H3. The minimum absolute atomic E-state index is 0.255. The summed E-state index contributed by atoms with van der Waals surface area (Å²) in [5, 5.41) is 0.710. The molecule has 2 heterocycles. The molecule has 0 aliphatic carbocycles. The second-order valence-corrected chi connectivity index (χ2v) is 6.41. The van der Waals surface area contributed by atoms with Crippen molar-refractivity contribution < 1.29 is 19.0 Å². The van der Waals surface area contributed by atoms with Crippen molar-refractivity contribution >= 4 is 23.2 Å². The van der Waals surface area contributed by atoms with Gasteiger partial charge in [0.15, 0.2) is 11.6 Å². The van der Waals surface area contributed by atoms with Crippen LogP contribution in [0.25, 0.3) is 5.82 Å². The summed E-state index contributed by atoms with van der Waals surface area (Å²) in [5.41, 5.74) is 3.11. The molecule has 0 saturated carbocycles. The van der Waals surface area contributed by atoms with Crippen molar-refractivity contribution in [2.75, 3.05) is 21.3 Å². The predicted molar refractivity (Wildman–Crippen MR) is 114 cm³/mol. The summed E-state index contributed by atoms with van der Waals surface area (Å²) in [6, 6.07) is 15.1. The highest BCUT2D eigenvalue weighted by atomic mass is 16.5. The zero-order valence-corrected chi connectivity index (χ0v) is 16.7. The molecule has 30 heavy (non-hydrogen) atoms. The Hall–Kier alpha value is -4.09. The molecular formula is C23H19N3O4. The number of hydrogen-bond donors (Lipinski definition) is 1. The molecule has 4 rings (SSSR count). The van der Waals surface area contributed by atoms with Gasteiger partial charge in [0.05, 0.1) is 32.8 Å². The van der Waals surface area contributed by atoms with Gasteiger partial charge in [-0.2, -0.15) is 0 Å². The third-order valence-corrected chi connectivity index (χ3v) is 4.78. The van der Waals surface area contributed by atoms with Gasteiger partial charge in [-0.1, -0.05) is 0 Å². The summed E-state index contributed by atoms with van der Waals surface area (Å²) in [7, 11) is 4.73. The van der Waals surface area contributed by atoms with E-state index in [1.165, 1.54) is 7.11 Å². The monoisotopic (exact) mass is 401 g/mol. The molecule has 0 saturated heterocycles. The third kappa shape index (κ3) is 3.38. The number of carbonyl (C=O) groups excluding carboxylic acids is 1. The lowest BCUT2D eigenvalue weighted by Crippen LogP contribution is -2.26. The molecule has 1 N–H and O–H groups in total. The Balaban J connectivity index is 1.93. The SMILES string of the molecule is COc1ccc(C2=NC(=c3[nH]cc(OC)c3=C=O)N=C2c2ccc(OC)cc2)cc1. The lowest BCUT2D eigenvalue weighted by molar-refractivity contribution is 0.412. The van der Waals surface area contributed by atoms with E-state index in [0.29, 0.717) is 28.3 Å². The van der Waals surface area contributed by atoms with Gasteiger partial charge < -0.3 is 19.2 Å². The van der Waals surface area contributed by atoms with Gasteiger partial charge >= 0.3 is 0 Å². The quantitative estimate of drug-likeness (QED) is 0.704. The largest absolute Gasteiger partial charge is 0.497 e. The van der Waals surface area contributed by atoms with E-state index in [9.17, 15) is 4.79 Å². The Morgan fingerprint density at radius 1 is 0.767 bits per heavy atom. The molecule has 7 nitrogen and oxygen atoms in total. The molecule has 7 heteroatoms. The number of nitrogens with zero attached hydrogens (tertiary/aromatic N) is 2. The van der Waals surface area contributed by atoms with Gasteiger partial charge in [0.25, 0.3) is 0 Å². The van der Waals surface area contributed by atoms with Crippen LogP contribution in [0.2, 0.25) is 0 Å². The molecule has 1 aliphatic rings. The summed E-state index contributed by atoms with van der Waals surface area (Å²) >= 11 is 0. The molecule has 0 atom stereocenters. The van der Waals surface area contributed by atoms with Gasteiger partial charge in [-0.05, 0) is 48.5 Å². The molecule has 0 bridgehead atoms. The zero-order valence-electron chi connectivity index (χ0n) is 16.7. The topological polar surface area (TPSA) is 85.3 Å². The van der Waals surface area contributed by atoms with Crippen molar-refractivity contribution in [3.8, 4) is 17.2 Å². The van der Waals surface area contributed by atoms with Crippen LogP contribution in [-0.4, -0.2) is 43.7 Å². The van der Waals surface area contributed by atoms with Gasteiger partial charge in [0.1, 0.15) is 28.0 Å². The van der Waals surface area contributed by atoms with Crippen LogP contribution in [0.15, 0.2) is 64.7 Å². The zero-order chi connectivity index (χ0) is 21.1. The van der Waals surface area contributed by atoms with Gasteiger partial charge in [-0.25, -0.2) is 14.8 Å². The molecular weight excluding hydrogens is 382 g/mol. The maximum absolute atomic E-state index is 11.5. The van der Waals surface area contributed by atoms with Crippen molar-refractivity contribution in [1.82, 2.24) is 4.98 Å². The Morgan fingerprint density at radius 2 is 1.27 bits per heavy atom. The van der Waals surface area contributed by atoms with Crippen LogP contribution >= 0.6 is 0 Å². The number of aliphatic imine (C=N–C) groups is 2. The summed E-state index contributed by atoms with van der Waals surface area (Å²) < 4.78 is 15.7. The molecule has 0 spiro atoms. The summed E-state index contributed by atoms with van der Waals surface area (Å²) in [6.45, 7) is 0. The van der Waals surface area contributed by atoms with Crippen LogP contribution in [-0.2, 0) is 4.79 Å². The lowest BCUT2D eigenvalue weighted by atomic mass is 10.00. The van der Waals surface area contributed by atoms with Crippen LogP contribution in [0.4, 0.5) is 0 Å². The lowest BCUT2D eigenvalue weighted by Gasteiger charge is -2.07. The van der Waals surface area contributed by atoms with Crippen LogP contribution in [0.5, 0.6) is 17.2 Å². The molecule has 2 aromatic carbocycles. The Kier molecular flexibility index (Phi) is 5.20. The van der Waals surface area contributed by atoms with Crippen molar-refractivity contribution in [3.05, 3.63) is 76.4 Å². The van der Waals surface area contributed by atoms with E-state index in [0.717, 1.165) is 22.6 Å². The fourth-order valence-electron chi connectivity index (χ4n) is 3.20. The van der Waals surface area contributed by atoms with Crippen LogP contribution in [0.1, 0.15) is 11.1 Å². The second-order valence-electron chi connectivity index (χ2n) is 6.41. The van der Waals surface area contributed by atoms with E-state index < -0.39 is 0 Å². The number of nitrogens with one attached hydrogen (secondary N) is 1. The van der Waals surface area contributed by atoms with Crippen molar-refractivity contribution in [2.24, 2.45) is 9.98 Å². The fraction of sp³-hybridized carbons (Fsp3) is 0.130. The van der Waals surface area contributed by atoms with Crippen molar-refractivity contribution in [1.29, 1.82) is 0 Å². The molecule has 0 unspecified atom stereocenters. The molecule has 1 aliphatic heterocycles. The van der Waals surface area contributed by atoms with Crippen molar-refractivity contribution in [2.45, 2.75) is 0 Å². The molecule has 0 radical (unpaired) electrons. The number of aromatic nitrogens is 1.